The van der Waals surface area contributed by atoms with E-state index in [0.29, 0.717) is 12.3 Å². The molecule has 0 bridgehead atoms. The van der Waals surface area contributed by atoms with E-state index in [0.717, 1.165) is 24.0 Å². The zero-order valence-electron chi connectivity index (χ0n) is 10.6. The number of hydrogen-bond donors (Lipinski definition) is 2. The third-order valence-corrected chi connectivity index (χ3v) is 3.76. The molecule has 0 heterocycles. The smallest absolute Gasteiger partial charge is 0.309 e. The summed E-state index contributed by atoms with van der Waals surface area (Å²) in [6.07, 6.45) is 2.41. The maximum absolute atomic E-state index is 11.1. The van der Waals surface area contributed by atoms with Crippen LogP contribution < -0.4 is 0 Å². The maximum atomic E-state index is 11.1. The predicted molar refractivity (Wildman–Crippen MR) is 63.1 cm³/mol. The third-order valence-electron chi connectivity index (χ3n) is 3.76. The minimum Gasteiger partial charge on any atom is -0.481 e. The van der Waals surface area contributed by atoms with Crippen molar-refractivity contribution >= 4 is 5.97 Å². The molecule has 1 aliphatic rings. The molecule has 1 fully saturated rings. The average molecular weight is 226 g/mol. The number of aliphatic carboxylic acids is 1. The van der Waals surface area contributed by atoms with Crippen molar-refractivity contribution in [1.82, 2.24) is 0 Å². The Labute approximate surface area is 97.2 Å². The highest BCUT2D eigenvalue weighted by Crippen LogP contribution is 2.42. The van der Waals surface area contributed by atoms with Crippen LogP contribution >= 0.6 is 0 Å². The van der Waals surface area contributed by atoms with E-state index in [2.05, 4.69) is 6.92 Å². The molecular formula is C13H22O3. The molecule has 1 rings (SSSR count). The summed E-state index contributed by atoms with van der Waals surface area (Å²) in [4.78, 5) is 11.1. The van der Waals surface area contributed by atoms with Crippen LogP contribution in [0.5, 0.6) is 0 Å². The Hall–Kier alpha value is -0.830. The Morgan fingerprint density at radius 2 is 2.06 bits per heavy atom. The fraction of sp³-hybridized carbons (Fsp3) is 0.769. The maximum Gasteiger partial charge on any atom is 0.309 e. The number of carboxylic acid groups (broad SMARTS) is 1. The molecule has 3 unspecified atom stereocenters. The molecule has 0 saturated heterocycles. The van der Waals surface area contributed by atoms with E-state index >= 15 is 0 Å². The van der Waals surface area contributed by atoms with E-state index < -0.39 is 17.5 Å². The van der Waals surface area contributed by atoms with Gasteiger partial charge in [0.05, 0.1) is 11.5 Å². The quantitative estimate of drug-likeness (QED) is 0.711. The number of carboxylic acids is 1. The zero-order chi connectivity index (χ0) is 12.5. The summed E-state index contributed by atoms with van der Waals surface area (Å²) in [7, 11) is 0. The topological polar surface area (TPSA) is 57.5 Å². The van der Waals surface area contributed by atoms with Crippen LogP contribution in [0.1, 0.15) is 47.0 Å². The van der Waals surface area contributed by atoms with Gasteiger partial charge in [-0.3, -0.25) is 4.79 Å². The Kier molecular flexibility index (Phi) is 3.79. The lowest BCUT2D eigenvalue weighted by Crippen LogP contribution is -2.46. The molecule has 2 N–H and O–H groups in total. The van der Waals surface area contributed by atoms with Gasteiger partial charge in [0.1, 0.15) is 0 Å². The van der Waals surface area contributed by atoms with E-state index in [4.69, 9.17) is 5.11 Å². The first kappa shape index (κ1) is 13.2. The minimum absolute atomic E-state index is 0.384. The van der Waals surface area contributed by atoms with Crippen LogP contribution in [0.4, 0.5) is 0 Å². The molecule has 16 heavy (non-hydrogen) atoms. The molecule has 3 atom stereocenters. The molecule has 0 radical (unpaired) electrons. The Morgan fingerprint density at radius 3 is 2.50 bits per heavy atom. The van der Waals surface area contributed by atoms with E-state index in [9.17, 15) is 9.90 Å². The van der Waals surface area contributed by atoms with Crippen LogP contribution in [0.25, 0.3) is 0 Å². The molecule has 0 aromatic heterocycles. The summed E-state index contributed by atoms with van der Waals surface area (Å²) < 4.78 is 0. The highest BCUT2D eigenvalue weighted by molar-refractivity contribution is 5.72. The summed E-state index contributed by atoms with van der Waals surface area (Å²) in [6.45, 7) is 7.57. The van der Waals surface area contributed by atoms with Crippen LogP contribution in [0.2, 0.25) is 0 Å². The fourth-order valence-corrected chi connectivity index (χ4v) is 2.69. The van der Waals surface area contributed by atoms with Crippen LogP contribution in [-0.4, -0.2) is 21.8 Å². The van der Waals surface area contributed by atoms with Crippen molar-refractivity contribution in [3.05, 3.63) is 11.1 Å². The molecule has 0 aliphatic heterocycles. The highest BCUT2D eigenvalue weighted by atomic mass is 16.4. The number of carbonyl (C=O) groups is 1. The van der Waals surface area contributed by atoms with Crippen LogP contribution in [-0.2, 0) is 4.79 Å². The molecule has 3 nitrogen and oxygen atoms in total. The van der Waals surface area contributed by atoms with Crippen molar-refractivity contribution in [3.63, 3.8) is 0 Å². The van der Waals surface area contributed by atoms with Crippen LogP contribution in [0, 0.1) is 11.8 Å². The van der Waals surface area contributed by atoms with Gasteiger partial charge in [-0.25, -0.2) is 0 Å². The summed E-state index contributed by atoms with van der Waals surface area (Å²) in [5.74, 6) is -1.27. The standard InChI is InChI=1S/C13H22O3/c1-8(2)11-6-5-9(3)7-13(11,16)10(4)12(14)15/h9-10,16H,5-7H2,1-4H3,(H,14,15). The van der Waals surface area contributed by atoms with Crippen molar-refractivity contribution in [2.45, 2.75) is 52.6 Å². The second kappa shape index (κ2) is 4.58. The van der Waals surface area contributed by atoms with Gasteiger partial charge in [-0.1, -0.05) is 12.5 Å². The number of allylic oxidation sites excluding steroid dienone is 1. The van der Waals surface area contributed by atoms with Gasteiger partial charge in [0.15, 0.2) is 0 Å². The predicted octanol–water partition coefficient (Wildman–Crippen LogP) is 2.59. The molecule has 1 saturated carbocycles. The van der Waals surface area contributed by atoms with Gasteiger partial charge >= 0.3 is 5.97 Å². The van der Waals surface area contributed by atoms with Gasteiger partial charge in [0.25, 0.3) is 0 Å². The first-order valence-corrected chi connectivity index (χ1v) is 5.91. The summed E-state index contributed by atoms with van der Waals surface area (Å²) in [5, 5.41) is 19.8. The van der Waals surface area contributed by atoms with Gasteiger partial charge in [0, 0.05) is 0 Å². The third kappa shape index (κ3) is 2.29. The van der Waals surface area contributed by atoms with Gasteiger partial charge in [-0.15, -0.1) is 0 Å². The fourth-order valence-electron chi connectivity index (χ4n) is 2.69. The number of aliphatic hydroxyl groups is 1. The van der Waals surface area contributed by atoms with E-state index in [1.165, 1.54) is 0 Å². The lowest BCUT2D eigenvalue weighted by molar-refractivity contribution is -0.150. The Morgan fingerprint density at radius 1 is 1.50 bits per heavy atom. The van der Waals surface area contributed by atoms with E-state index in [1.54, 1.807) is 6.92 Å². The van der Waals surface area contributed by atoms with Gasteiger partial charge in [0.2, 0.25) is 0 Å². The van der Waals surface area contributed by atoms with Crippen molar-refractivity contribution in [2.75, 3.05) is 0 Å². The second-order valence-electron chi connectivity index (χ2n) is 5.31. The largest absolute Gasteiger partial charge is 0.481 e. The van der Waals surface area contributed by atoms with Gasteiger partial charge in [-0.2, -0.15) is 0 Å². The number of hydrogen-bond acceptors (Lipinski definition) is 2. The monoisotopic (exact) mass is 226 g/mol. The molecule has 1 aliphatic carbocycles. The van der Waals surface area contributed by atoms with E-state index in [1.807, 2.05) is 13.8 Å². The van der Waals surface area contributed by atoms with Gasteiger partial charge < -0.3 is 10.2 Å². The molecule has 0 amide bonds. The van der Waals surface area contributed by atoms with Crippen molar-refractivity contribution in [2.24, 2.45) is 11.8 Å². The van der Waals surface area contributed by atoms with Crippen molar-refractivity contribution < 1.29 is 15.0 Å². The lowest BCUT2D eigenvalue weighted by Gasteiger charge is -2.41. The molecule has 0 aromatic rings. The summed E-state index contributed by atoms with van der Waals surface area (Å²) in [5.41, 5.74) is 0.838. The summed E-state index contributed by atoms with van der Waals surface area (Å²) >= 11 is 0. The SMILES string of the molecule is CC(C)=C1CCC(C)CC1(O)C(C)C(=O)O. The Bertz CT molecular complexity index is 315. The van der Waals surface area contributed by atoms with Crippen LogP contribution in [0.15, 0.2) is 11.1 Å². The Balaban J connectivity index is 3.12. The average Bonchev–Trinajstić information content (AvgIpc) is 2.15. The molecule has 92 valence electrons. The molecule has 0 aromatic carbocycles. The lowest BCUT2D eigenvalue weighted by atomic mass is 9.68. The number of rotatable bonds is 2. The highest BCUT2D eigenvalue weighted by Gasteiger charge is 2.45. The molecule has 3 heteroatoms. The second-order valence-corrected chi connectivity index (χ2v) is 5.31. The molecule has 0 spiro atoms. The van der Waals surface area contributed by atoms with E-state index in [-0.39, 0.29) is 0 Å². The summed E-state index contributed by atoms with van der Waals surface area (Å²) in [6, 6.07) is 0. The first-order valence-electron chi connectivity index (χ1n) is 5.91. The first-order chi connectivity index (χ1) is 7.29. The van der Waals surface area contributed by atoms with Gasteiger partial charge in [-0.05, 0) is 51.5 Å². The van der Waals surface area contributed by atoms with Crippen molar-refractivity contribution in [3.8, 4) is 0 Å². The molecular weight excluding hydrogens is 204 g/mol. The zero-order valence-corrected chi connectivity index (χ0v) is 10.6. The minimum atomic E-state index is -1.15. The van der Waals surface area contributed by atoms with Crippen LogP contribution in [0.3, 0.4) is 0 Å². The van der Waals surface area contributed by atoms with Crippen molar-refractivity contribution in [1.29, 1.82) is 0 Å². The normalized spacial score (nSPS) is 32.3.